The van der Waals surface area contributed by atoms with E-state index < -0.39 is 0 Å². The number of nitrogens with one attached hydrogen (secondary N) is 1. The second kappa shape index (κ2) is 4.71. The molecule has 0 saturated carbocycles. The van der Waals surface area contributed by atoms with Gasteiger partial charge in [-0.05, 0) is 23.1 Å². The highest BCUT2D eigenvalue weighted by atomic mass is 35.5. The number of imidazole rings is 1. The van der Waals surface area contributed by atoms with Crippen molar-refractivity contribution < 1.29 is 4.74 Å². The van der Waals surface area contributed by atoms with E-state index in [1.807, 2.05) is 42.5 Å². The number of benzene rings is 2. The molecule has 0 aliphatic carbocycles. The Morgan fingerprint density at radius 1 is 1.00 bits per heavy atom. The molecule has 0 saturated heterocycles. The van der Waals surface area contributed by atoms with Crippen LogP contribution in [0.2, 0.25) is 5.28 Å². The summed E-state index contributed by atoms with van der Waals surface area (Å²) in [4.78, 5) is 15.2. The number of hydrogen-bond acceptors (Lipinski definition) is 4. The molecule has 0 fully saturated rings. The Kier molecular flexibility index (Phi) is 2.72. The molecule has 0 bridgehead atoms. The Bertz CT molecular complexity index is 945. The van der Waals surface area contributed by atoms with Crippen LogP contribution in [-0.2, 0) is 0 Å². The molecule has 6 heteroatoms. The van der Waals surface area contributed by atoms with Crippen molar-refractivity contribution in [2.45, 2.75) is 0 Å². The first-order valence-corrected chi connectivity index (χ1v) is 6.71. The molecule has 21 heavy (non-hydrogen) atoms. The van der Waals surface area contributed by atoms with Crippen LogP contribution in [-0.4, -0.2) is 19.9 Å². The smallest absolute Gasteiger partial charge is 0.250 e. The predicted molar refractivity (Wildman–Crippen MR) is 80.7 cm³/mol. The molecular formula is C15H9ClN4O. The number of hydrogen-bond donors (Lipinski definition) is 1. The molecule has 102 valence electrons. The van der Waals surface area contributed by atoms with Crippen molar-refractivity contribution in [1.82, 2.24) is 19.9 Å². The van der Waals surface area contributed by atoms with E-state index in [4.69, 9.17) is 16.3 Å². The fraction of sp³-hybridized carbons (Fsp3) is 0. The van der Waals surface area contributed by atoms with Crippen molar-refractivity contribution in [1.29, 1.82) is 0 Å². The number of halogens is 1. The van der Waals surface area contributed by atoms with Crippen molar-refractivity contribution in [3.8, 4) is 11.6 Å². The summed E-state index contributed by atoms with van der Waals surface area (Å²) in [6.45, 7) is 0. The number of H-pyrrole nitrogens is 1. The molecule has 2 aromatic carbocycles. The second-order valence-corrected chi connectivity index (χ2v) is 4.82. The van der Waals surface area contributed by atoms with Gasteiger partial charge in [-0.2, -0.15) is 9.97 Å². The number of fused-ring (bicyclic) bond motifs is 2. The van der Waals surface area contributed by atoms with Crippen molar-refractivity contribution >= 4 is 33.5 Å². The molecule has 0 aliphatic rings. The maximum absolute atomic E-state index is 5.94. The first-order chi connectivity index (χ1) is 10.3. The number of aromatic nitrogens is 4. The quantitative estimate of drug-likeness (QED) is 0.569. The third-order valence-electron chi connectivity index (χ3n) is 3.18. The largest absolute Gasteiger partial charge is 0.436 e. The summed E-state index contributed by atoms with van der Waals surface area (Å²) >= 11 is 5.91. The van der Waals surface area contributed by atoms with Gasteiger partial charge in [0, 0.05) is 5.39 Å². The molecule has 2 heterocycles. The van der Waals surface area contributed by atoms with E-state index in [2.05, 4.69) is 19.9 Å². The Labute approximate surface area is 124 Å². The van der Waals surface area contributed by atoms with Crippen LogP contribution >= 0.6 is 11.6 Å². The predicted octanol–water partition coefficient (Wildman–Crippen LogP) is 3.95. The van der Waals surface area contributed by atoms with E-state index in [1.165, 1.54) is 6.33 Å². The van der Waals surface area contributed by atoms with Crippen LogP contribution < -0.4 is 4.74 Å². The van der Waals surface area contributed by atoms with Crippen LogP contribution in [0, 0.1) is 0 Å². The van der Waals surface area contributed by atoms with Crippen molar-refractivity contribution in [2.75, 3.05) is 0 Å². The molecule has 0 radical (unpaired) electrons. The highest BCUT2D eigenvalue weighted by molar-refractivity contribution is 6.28. The Morgan fingerprint density at radius 3 is 2.81 bits per heavy atom. The van der Waals surface area contributed by atoms with Gasteiger partial charge in [-0.3, -0.25) is 0 Å². The standard InChI is InChI=1S/C15H9ClN4O/c16-15-19-13-12(17-8-18-13)14(20-15)21-11-7-3-5-9-4-1-2-6-10(9)11/h1-8H,(H,17,18,19,20). The summed E-state index contributed by atoms with van der Waals surface area (Å²) in [7, 11) is 0. The first kappa shape index (κ1) is 12.1. The third kappa shape index (κ3) is 2.08. The summed E-state index contributed by atoms with van der Waals surface area (Å²) in [5.74, 6) is 1.07. The van der Waals surface area contributed by atoms with Gasteiger partial charge in [0.1, 0.15) is 11.3 Å². The number of rotatable bonds is 2. The lowest BCUT2D eigenvalue weighted by Crippen LogP contribution is -1.93. The van der Waals surface area contributed by atoms with Crippen LogP contribution in [0.4, 0.5) is 0 Å². The van der Waals surface area contributed by atoms with Crippen LogP contribution in [0.3, 0.4) is 0 Å². The van der Waals surface area contributed by atoms with Gasteiger partial charge >= 0.3 is 0 Å². The third-order valence-corrected chi connectivity index (χ3v) is 3.35. The van der Waals surface area contributed by atoms with Crippen LogP contribution in [0.15, 0.2) is 48.8 Å². The summed E-state index contributed by atoms with van der Waals surface area (Å²) in [6.07, 6.45) is 1.53. The molecule has 0 spiro atoms. The van der Waals surface area contributed by atoms with Gasteiger partial charge in [0.2, 0.25) is 11.2 Å². The monoisotopic (exact) mass is 296 g/mol. The van der Waals surface area contributed by atoms with Crippen molar-refractivity contribution in [3.63, 3.8) is 0 Å². The van der Waals surface area contributed by atoms with Crippen molar-refractivity contribution in [3.05, 3.63) is 54.1 Å². The van der Waals surface area contributed by atoms with Gasteiger partial charge in [-0.15, -0.1) is 0 Å². The van der Waals surface area contributed by atoms with Gasteiger partial charge in [0.15, 0.2) is 5.65 Å². The summed E-state index contributed by atoms with van der Waals surface area (Å²) < 4.78 is 5.94. The summed E-state index contributed by atoms with van der Waals surface area (Å²) in [6, 6.07) is 13.8. The zero-order valence-electron chi connectivity index (χ0n) is 10.7. The maximum atomic E-state index is 5.94. The average Bonchev–Trinajstić information content (AvgIpc) is 2.96. The minimum absolute atomic E-state index is 0.102. The molecule has 4 rings (SSSR count). The number of aromatic amines is 1. The molecular weight excluding hydrogens is 288 g/mol. The van der Waals surface area contributed by atoms with Gasteiger partial charge in [0.25, 0.3) is 0 Å². The Morgan fingerprint density at radius 2 is 1.86 bits per heavy atom. The molecule has 2 aromatic heterocycles. The van der Waals surface area contributed by atoms with Gasteiger partial charge in [-0.1, -0.05) is 36.4 Å². The highest BCUT2D eigenvalue weighted by Crippen LogP contribution is 2.31. The van der Waals surface area contributed by atoms with E-state index in [0.717, 1.165) is 10.8 Å². The first-order valence-electron chi connectivity index (χ1n) is 6.33. The molecule has 0 aliphatic heterocycles. The SMILES string of the molecule is Clc1nc(Oc2cccc3ccccc23)c2[nH]cnc2n1. The minimum atomic E-state index is 0.102. The van der Waals surface area contributed by atoms with E-state index in [-0.39, 0.29) is 5.28 Å². The van der Waals surface area contributed by atoms with Gasteiger partial charge in [-0.25, -0.2) is 4.98 Å². The average molecular weight is 297 g/mol. The lowest BCUT2D eigenvalue weighted by molar-refractivity contribution is 0.472. The molecule has 0 atom stereocenters. The minimum Gasteiger partial charge on any atom is -0.436 e. The molecule has 4 aromatic rings. The molecule has 0 unspecified atom stereocenters. The van der Waals surface area contributed by atoms with Gasteiger partial charge < -0.3 is 9.72 Å². The van der Waals surface area contributed by atoms with Crippen molar-refractivity contribution in [2.24, 2.45) is 0 Å². The number of nitrogens with zero attached hydrogens (tertiary/aromatic N) is 3. The summed E-state index contributed by atoms with van der Waals surface area (Å²) in [5, 5.41) is 2.20. The molecule has 0 amide bonds. The summed E-state index contributed by atoms with van der Waals surface area (Å²) in [5.41, 5.74) is 1.09. The van der Waals surface area contributed by atoms with E-state index >= 15 is 0 Å². The van der Waals surface area contributed by atoms with E-state index in [0.29, 0.717) is 22.8 Å². The zero-order valence-corrected chi connectivity index (χ0v) is 11.5. The fourth-order valence-electron chi connectivity index (χ4n) is 2.24. The van der Waals surface area contributed by atoms with Gasteiger partial charge in [0.05, 0.1) is 6.33 Å². The lowest BCUT2D eigenvalue weighted by Gasteiger charge is -2.08. The number of ether oxygens (including phenoxy) is 1. The Balaban J connectivity index is 1.89. The van der Waals surface area contributed by atoms with Crippen LogP contribution in [0.25, 0.3) is 21.9 Å². The normalized spacial score (nSPS) is 11.1. The fourth-order valence-corrected chi connectivity index (χ4v) is 2.40. The highest BCUT2D eigenvalue weighted by Gasteiger charge is 2.12. The maximum Gasteiger partial charge on any atom is 0.250 e. The molecule has 1 N–H and O–H groups in total. The molecule has 5 nitrogen and oxygen atoms in total. The second-order valence-electron chi connectivity index (χ2n) is 4.48. The topological polar surface area (TPSA) is 63.7 Å². The Hall–Kier alpha value is -2.66. The van der Waals surface area contributed by atoms with Crippen LogP contribution in [0.5, 0.6) is 11.6 Å². The van der Waals surface area contributed by atoms with Crippen LogP contribution in [0.1, 0.15) is 0 Å². The zero-order chi connectivity index (χ0) is 14.2. The van der Waals surface area contributed by atoms with E-state index in [1.54, 1.807) is 0 Å². The van der Waals surface area contributed by atoms with E-state index in [9.17, 15) is 0 Å². The lowest BCUT2D eigenvalue weighted by atomic mass is 10.1.